The van der Waals surface area contributed by atoms with Crippen molar-refractivity contribution in [3.8, 4) is 0 Å². The van der Waals surface area contributed by atoms with Gasteiger partial charge in [0.1, 0.15) is 6.23 Å². The van der Waals surface area contributed by atoms with Crippen LogP contribution in [0.4, 0.5) is 0 Å². The van der Waals surface area contributed by atoms with E-state index in [2.05, 4.69) is 43.9 Å². The molecule has 0 bridgehead atoms. The lowest BCUT2D eigenvalue weighted by atomic mass is 10.1. The van der Waals surface area contributed by atoms with Crippen LogP contribution in [0.25, 0.3) is 16.6 Å². The summed E-state index contributed by atoms with van der Waals surface area (Å²) in [4.78, 5) is 43.0. The van der Waals surface area contributed by atoms with E-state index in [9.17, 15) is 14.4 Å². The summed E-state index contributed by atoms with van der Waals surface area (Å²) in [6, 6.07) is -0.532. The highest BCUT2D eigenvalue weighted by molar-refractivity contribution is 6.74. The lowest BCUT2D eigenvalue weighted by Crippen LogP contribution is -2.43. The van der Waals surface area contributed by atoms with Crippen molar-refractivity contribution in [2.45, 2.75) is 70.6 Å². The number of aromatic nitrogens is 2. The van der Waals surface area contributed by atoms with E-state index in [4.69, 9.17) is 19.4 Å². The third-order valence-corrected chi connectivity index (χ3v) is 11.6. The first-order valence-electron chi connectivity index (χ1n) is 12.1. The Morgan fingerprint density at radius 1 is 1.31 bits per heavy atom. The van der Waals surface area contributed by atoms with E-state index in [-0.39, 0.29) is 24.0 Å². The van der Waals surface area contributed by atoms with Gasteiger partial charge in [-0.15, -0.1) is 0 Å². The zero-order valence-corrected chi connectivity index (χ0v) is 22.8. The highest BCUT2D eigenvalue weighted by atomic mass is 28.4. The number of carbonyl (C=O) groups is 1. The van der Waals surface area contributed by atoms with Gasteiger partial charge < -0.3 is 18.8 Å². The molecule has 2 saturated heterocycles. The molecule has 2 fully saturated rings. The van der Waals surface area contributed by atoms with E-state index in [1.807, 2.05) is 0 Å². The van der Waals surface area contributed by atoms with Gasteiger partial charge in [-0.1, -0.05) is 25.9 Å². The number of hydrogen-bond acceptors (Lipinski definition) is 7. The predicted octanol–water partition coefficient (Wildman–Crippen LogP) is 2.64. The molecule has 0 N–H and O–H groups in total. The van der Waals surface area contributed by atoms with Crippen LogP contribution in [0.5, 0.6) is 0 Å². The molecule has 12 nitrogen and oxygen atoms in total. The average Bonchev–Trinajstić information content (AvgIpc) is 3.22. The van der Waals surface area contributed by atoms with Crippen LogP contribution in [0.15, 0.2) is 27.0 Å². The molecule has 2 aliphatic heterocycles. The van der Waals surface area contributed by atoms with Crippen molar-refractivity contribution in [1.82, 2.24) is 14.0 Å². The molecule has 13 heteroatoms. The van der Waals surface area contributed by atoms with Crippen LogP contribution in [0, 0.1) is 6.92 Å². The SMILES string of the molecule is Cc1cn([C@H]2C[C@H](N=[N+]=[N-])[C@@H](CO[Si](C)(C)C(C)(C)C)O2)c(=O)n(/C=C/C(=O)N2CCOCC2)c1=O. The summed E-state index contributed by atoms with van der Waals surface area (Å²) in [7, 11) is -2.08. The molecule has 1 aromatic heterocycles. The minimum atomic E-state index is -2.08. The number of aryl methyl sites for hydroxylation is 1. The minimum absolute atomic E-state index is 0.00641. The van der Waals surface area contributed by atoms with Gasteiger partial charge >= 0.3 is 5.69 Å². The Balaban J connectivity index is 1.85. The molecule has 1 amide bonds. The van der Waals surface area contributed by atoms with Gasteiger partial charge in [0.15, 0.2) is 8.32 Å². The minimum Gasteiger partial charge on any atom is -0.414 e. The Bertz CT molecular complexity index is 1160. The number of morpholine rings is 1. The summed E-state index contributed by atoms with van der Waals surface area (Å²) < 4.78 is 19.9. The molecule has 198 valence electrons. The molecule has 2 aliphatic rings. The molecule has 0 aromatic carbocycles. The van der Waals surface area contributed by atoms with Crippen molar-refractivity contribution in [1.29, 1.82) is 0 Å². The molecule has 0 saturated carbocycles. The number of ether oxygens (including phenoxy) is 2. The van der Waals surface area contributed by atoms with E-state index in [0.29, 0.717) is 31.9 Å². The summed E-state index contributed by atoms with van der Waals surface area (Å²) >= 11 is 0. The number of amides is 1. The Morgan fingerprint density at radius 3 is 2.58 bits per heavy atom. The van der Waals surface area contributed by atoms with Gasteiger partial charge in [-0.2, -0.15) is 0 Å². The van der Waals surface area contributed by atoms with Gasteiger partial charge in [-0.3, -0.25) is 14.2 Å². The molecule has 0 radical (unpaired) electrons. The Morgan fingerprint density at radius 2 is 1.97 bits per heavy atom. The number of hydrogen-bond donors (Lipinski definition) is 0. The number of rotatable bonds is 7. The number of azide groups is 1. The van der Waals surface area contributed by atoms with Crippen molar-refractivity contribution >= 4 is 20.4 Å². The molecular formula is C23H36N6O6Si. The Labute approximate surface area is 211 Å². The van der Waals surface area contributed by atoms with Crippen molar-refractivity contribution in [2.75, 3.05) is 32.9 Å². The van der Waals surface area contributed by atoms with Crippen LogP contribution in [-0.2, 0) is 18.7 Å². The van der Waals surface area contributed by atoms with Crippen molar-refractivity contribution in [3.05, 3.63) is 49.1 Å². The quantitative estimate of drug-likeness (QED) is 0.178. The van der Waals surface area contributed by atoms with Crippen LogP contribution >= 0.6 is 0 Å². The van der Waals surface area contributed by atoms with Gasteiger partial charge in [0, 0.05) is 48.5 Å². The summed E-state index contributed by atoms with van der Waals surface area (Å²) in [5.74, 6) is -0.305. The highest BCUT2D eigenvalue weighted by Crippen LogP contribution is 2.38. The maximum absolute atomic E-state index is 13.3. The topological polar surface area (TPSA) is 141 Å². The molecule has 1 aromatic rings. The summed E-state index contributed by atoms with van der Waals surface area (Å²) in [6.07, 6.45) is 2.81. The van der Waals surface area contributed by atoms with Crippen LogP contribution in [0.1, 0.15) is 39.0 Å². The van der Waals surface area contributed by atoms with Crippen molar-refractivity contribution in [2.24, 2.45) is 5.11 Å². The summed E-state index contributed by atoms with van der Waals surface area (Å²) in [6.45, 7) is 14.2. The van der Waals surface area contributed by atoms with E-state index >= 15 is 0 Å². The van der Waals surface area contributed by atoms with Gasteiger partial charge in [0.25, 0.3) is 5.56 Å². The fourth-order valence-electron chi connectivity index (χ4n) is 3.82. The second-order valence-corrected chi connectivity index (χ2v) is 15.4. The van der Waals surface area contributed by atoms with Crippen LogP contribution in [0.2, 0.25) is 18.1 Å². The normalized spacial score (nSPS) is 23.2. The van der Waals surface area contributed by atoms with Crippen LogP contribution < -0.4 is 11.2 Å². The fraction of sp³-hybridized carbons (Fsp3) is 0.696. The fourth-order valence-corrected chi connectivity index (χ4v) is 4.83. The smallest absolute Gasteiger partial charge is 0.337 e. The van der Waals surface area contributed by atoms with E-state index < -0.39 is 37.9 Å². The third kappa shape index (κ3) is 6.16. The zero-order valence-electron chi connectivity index (χ0n) is 21.8. The predicted molar refractivity (Wildman–Crippen MR) is 137 cm³/mol. The second kappa shape index (κ2) is 11.1. The van der Waals surface area contributed by atoms with Crippen molar-refractivity contribution < 1.29 is 18.7 Å². The van der Waals surface area contributed by atoms with Gasteiger partial charge in [0.05, 0.1) is 32.0 Å². The zero-order chi connectivity index (χ0) is 26.7. The lowest BCUT2D eigenvalue weighted by molar-refractivity contribution is -0.129. The monoisotopic (exact) mass is 520 g/mol. The Kier molecular flexibility index (Phi) is 8.62. The largest absolute Gasteiger partial charge is 0.414 e. The maximum atomic E-state index is 13.3. The number of carbonyl (C=O) groups excluding carboxylic acids is 1. The van der Waals surface area contributed by atoms with E-state index in [0.717, 1.165) is 4.57 Å². The van der Waals surface area contributed by atoms with E-state index in [1.54, 1.807) is 11.8 Å². The average molecular weight is 521 g/mol. The number of nitrogens with zero attached hydrogens (tertiary/aromatic N) is 6. The van der Waals surface area contributed by atoms with Gasteiger partial charge in [-0.25, -0.2) is 9.36 Å². The molecular weight excluding hydrogens is 484 g/mol. The molecule has 0 aliphatic carbocycles. The third-order valence-electron chi connectivity index (χ3n) is 7.13. The molecule has 0 unspecified atom stereocenters. The first kappa shape index (κ1) is 27.9. The molecule has 3 atom stereocenters. The van der Waals surface area contributed by atoms with Crippen LogP contribution in [0.3, 0.4) is 0 Å². The molecule has 3 heterocycles. The first-order chi connectivity index (χ1) is 16.9. The summed E-state index contributed by atoms with van der Waals surface area (Å²) in [5.41, 5.74) is 8.21. The molecule has 0 spiro atoms. The standard InChI is InChI=1S/C23H36N6O6Si/c1-16-14-29(22(32)28(21(16)31)8-7-19(30)27-9-11-33-12-10-27)20-13-17(25-26-24)18(35-20)15-34-36(5,6)23(2,3)4/h7-8,14,17-18,20H,9-13,15H2,1-6H3/b8-7+/t17-,18+,20+/m0/s1. The Hall–Kier alpha value is -2.70. The maximum Gasteiger partial charge on any atom is 0.337 e. The van der Waals surface area contributed by atoms with Gasteiger partial charge in [-0.05, 0) is 30.6 Å². The van der Waals surface area contributed by atoms with E-state index in [1.165, 1.54) is 23.0 Å². The van der Waals surface area contributed by atoms with Crippen molar-refractivity contribution in [3.63, 3.8) is 0 Å². The summed E-state index contributed by atoms with van der Waals surface area (Å²) in [5, 5.41) is 3.87. The van der Waals surface area contributed by atoms with Gasteiger partial charge in [0.2, 0.25) is 5.91 Å². The first-order valence-corrected chi connectivity index (χ1v) is 15.0. The van der Waals surface area contributed by atoms with Crippen LogP contribution in [-0.4, -0.2) is 73.3 Å². The molecule has 36 heavy (non-hydrogen) atoms. The highest BCUT2D eigenvalue weighted by Gasteiger charge is 2.41. The molecule has 3 rings (SSSR count). The second-order valence-electron chi connectivity index (χ2n) is 10.6. The lowest BCUT2D eigenvalue weighted by Gasteiger charge is -2.37.